The largest absolute Gasteiger partial charge is 0.396 e. The summed E-state index contributed by atoms with van der Waals surface area (Å²) in [6, 6.07) is 0. The predicted octanol–water partition coefficient (Wildman–Crippen LogP) is 3.02. The summed E-state index contributed by atoms with van der Waals surface area (Å²) < 4.78 is 17.5. The Morgan fingerprint density at radius 3 is 2.23 bits per heavy atom. The average Bonchev–Trinajstić information content (AvgIpc) is 2.55. The number of hydrogen-bond donors (Lipinski definition) is 1. The van der Waals surface area contributed by atoms with Crippen LogP contribution < -0.4 is 0 Å². The molecule has 1 N–H and O–H groups in total. The molecule has 0 aromatic carbocycles. The lowest BCUT2D eigenvalue weighted by Gasteiger charge is -2.31. The lowest BCUT2D eigenvalue weighted by molar-refractivity contribution is -0.0879. The first-order chi connectivity index (χ1) is 10.7. The molecule has 22 heavy (non-hydrogen) atoms. The quantitative estimate of drug-likeness (QED) is 0.748. The van der Waals surface area contributed by atoms with Gasteiger partial charge in [-0.05, 0) is 44.4 Å². The number of aliphatic hydroxyl groups excluding tert-OH is 1. The predicted molar refractivity (Wildman–Crippen MR) is 86.9 cm³/mol. The van der Waals surface area contributed by atoms with Gasteiger partial charge in [0.1, 0.15) is 0 Å². The minimum absolute atomic E-state index is 0.214. The highest BCUT2D eigenvalue weighted by atomic mass is 16.5. The fourth-order valence-corrected chi connectivity index (χ4v) is 3.24. The van der Waals surface area contributed by atoms with Crippen LogP contribution in [0.15, 0.2) is 0 Å². The smallest absolute Gasteiger partial charge is 0.0808 e. The second kappa shape index (κ2) is 9.86. The normalized spacial score (nSPS) is 33.3. The van der Waals surface area contributed by atoms with E-state index in [1.807, 2.05) is 0 Å². The molecule has 2 rings (SSSR count). The molecule has 0 amide bonds. The monoisotopic (exact) mass is 314 g/mol. The summed E-state index contributed by atoms with van der Waals surface area (Å²) in [7, 11) is 0. The maximum Gasteiger partial charge on any atom is 0.0808 e. The van der Waals surface area contributed by atoms with Gasteiger partial charge in [0.25, 0.3) is 0 Å². The first-order valence-electron chi connectivity index (χ1n) is 9.09. The van der Waals surface area contributed by atoms with E-state index in [0.717, 1.165) is 32.0 Å². The first-order valence-corrected chi connectivity index (χ1v) is 9.09. The van der Waals surface area contributed by atoms with Crippen LogP contribution in [0, 0.1) is 17.8 Å². The summed E-state index contributed by atoms with van der Waals surface area (Å²) in [5.74, 6) is 1.64. The summed E-state index contributed by atoms with van der Waals surface area (Å²) in [4.78, 5) is 0. The van der Waals surface area contributed by atoms with Gasteiger partial charge in [-0.1, -0.05) is 13.8 Å². The second-order valence-corrected chi connectivity index (χ2v) is 7.49. The molecule has 0 aromatic heterocycles. The topological polar surface area (TPSA) is 47.9 Å². The van der Waals surface area contributed by atoms with Crippen LogP contribution in [0.5, 0.6) is 0 Å². The lowest BCUT2D eigenvalue weighted by atomic mass is 9.95. The molecule has 4 unspecified atom stereocenters. The van der Waals surface area contributed by atoms with Gasteiger partial charge in [-0.25, -0.2) is 0 Å². The van der Waals surface area contributed by atoms with Crippen LogP contribution in [0.2, 0.25) is 0 Å². The standard InChI is InChI=1S/C18H34O4/c1-14(2)3-6-17-7-5-16(12-21-17)10-20-13-18-8-4-15(9-19)11-22-18/h14-19H,3-13H2,1-2H3. The van der Waals surface area contributed by atoms with Gasteiger partial charge in [-0.2, -0.15) is 0 Å². The number of ether oxygens (including phenoxy) is 3. The van der Waals surface area contributed by atoms with Crippen LogP contribution in [0.25, 0.3) is 0 Å². The molecule has 0 spiro atoms. The Kier molecular flexibility index (Phi) is 8.15. The zero-order valence-electron chi connectivity index (χ0n) is 14.3. The molecule has 0 aromatic rings. The Morgan fingerprint density at radius 2 is 1.64 bits per heavy atom. The highest BCUT2D eigenvalue weighted by Gasteiger charge is 2.24. The van der Waals surface area contributed by atoms with Gasteiger partial charge in [0, 0.05) is 18.4 Å². The third-order valence-electron chi connectivity index (χ3n) is 4.91. The van der Waals surface area contributed by atoms with E-state index in [2.05, 4.69) is 13.8 Å². The number of aliphatic hydroxyl groups is 1. The van der Waals surface area contributed by atoms with Crippen molar-refractivity contribution >= 4 is 0 Å². The first kappa shape index (κ1) is 18.2. The zero-order valence-corrected chi connectivity index (χ0v) is 14.3. The molecule has 0 bridgehead atoms. The summed E-state index contributed by atoms with van der Waals surface area (Å²) in [5.41, 5.74) is 0. The van der Waals surface area contributed by atoms with E-state index >= 15 is 0 Å². The molecule has 130 valence electrons. The maximum atomic E-state index is 9.09. The molecular formula is C18H34O4. The maximum absolute atomic E-state index is 9.09. The van der Waals surface area contributed by atoms with E-state index < -0.39 is 0 Å². The van der Waals surface area contributed by atoms with E-state index in [9.17, 15) is 0 Å². The zero-order chi connectivity index (χ0) is 15.8. The third-order valence-corrected chi connectivity index (χ3v) is 4.91. The van der Waals surface area contributed by atoms with Crippen molar-refractivity contribution in [2.24, 2.45) is 17.8 Å². The second-order valence-electron chi connectivity index (χ2n) is 7.49. The number of rotatable bonds is 8. The van der Waals surface area contributed by atoms with Crippen molar-refractivity contribution in [1.82, 2.24) is 0 Å². The molecule has 2 aliphatic rings. The Hall–Kier alpha value is -0.160. The van der Waals surface area contributed by atoms with Gasteiger partial charge in [-0.15, -0.1) is 0 Å². The summed E-state index contributed by atoms with van der Waals surface area (Å²) in [6.45, 7) is 7.79. The van der Waals surface area contributed by atoms with Crippen LogP contribution in [0.1, 0.15) is 52.4 Å². The van der Waals surface area contributed by atoms with E-state index in [0.29, 0.717) is 31.2 Å². The van der Waals surface area contributed by atoms with Crippen molar-refractivity contribution in [1.29, 1.82) is 0 Å². The Bertz CT molecular complexity index is 279. The van der Waals surface area contributed by atoms with Crippen molar-refractivity contribution in [3.63, 3.8) is 0 Å². The van der Waals surface area contributed by atoms with Crippen LogP contribution in [0.3, 0.4) is 0 Å². The molecule has 2 heterocycles. The van der Waals surface area contributed by atoms with Crippen molar-refractivity contribution in [3.05, 3.63) is 0 Å². The summed E-state index contributed by atoms with van der Waals surface area (Å²) >= 11 is 0. The van der Waals surface area contributed by atoms with Gasteiger partial charge >= 0.3 is 0 Å². The van der Waals surface area contributed by atoms with Gasteiger partial charge in [0.2, 0.25) is 0 Å². The van der Waals surface area contributed by atoms with E-state index in [4.69, 9.17) is 19.3 Å². The molecule has 2 fully saturated rings. The van der Waals surface area contributed by atoms with Gasteiger partial charge in [-0.3, -0.25) is 0 Å². The third kappa shape index (κ3) is 6.53. The van der Waals surface area contributed by atoms with Gasteiger partial charge in [0.15, 0.2) is 0 Å². The Labute approximate surface area is 135 Å². The van der Waals surface area contributed by atoms with Crippen molar-refractivity contribution in [3.8, 4) is 0 Å². The molecule has 2 aliphatic heterocycles. The van der Waals surface area contributed by atoms with E-state index in [1.54, 1.807) is 0 Å². The molecule has 2 saturated heterocycles. The fourth-order valence-electron chi connectivity index (χ4n) is 3.24. The SMILES string of the molecule is CC(C)CCC1CCC(COCC2CCC(CO)CO2)CO1. The highest BCUT2D eigenvalue weighted by molar-refractivity contribution is 4.72. The van der Waals surface area contributed by atoms with Gasteiger partial charge in [0.05, 0.1) is 38.6 Å². The highest BCUT2D eigenvalue weighted by Crippen LogP contribution is 2.24. The van der Waals surface area contributed by atoms with Crippen molar-refractivity contribution in [2.45, 2.75) is 64.6 Å². The molecule has 4 heteroatoms. The molecule has 4 atom stereocenters. The lowest BCUT2D eigenvalue weighted by Crippen LogP contribution is -2.33. The Morgan fingerprint density at radius 1 is 0.955 bits per heavy atom. The van der Waals surface area contributed by atoms with Crippen molar-refractivity contribution < 1.29 is 19.3 Å². The number of hydrogen-bond acceptors (Lipinski definition) is 4. The average molecular weight is 314 g/mol. The summed E-state index contributed by atoms with van der Waals surface area (Å²) in [6.07, 6.45) is 7.60. The molecule has 0 radical (unpaired) electrons. The van der Waals surface area contributed by atoms with Gasteiger partial charge < -0.3 is 19.3 Å². The summed E-state index contributed by atoms with van der Waals surface area (Å²) in [5, 5.41) is 9.09. The molecular weight excluding hydrogens is 280 g/mol. The van der Waals surface area contributed by atoms with Crippen LogP contribution in [-0.4, -0.2) is 50.3 Å². The Balaban J connectivity index is 1.50. The molecule has 0 saturated carbocycles. The molecule has 4 nitrogen and oxygen atoms in total. The molecule has 0 aliphatic carbocycles. The van der Waals surface area contributed by atoms with Crippen molar-refractivity contribution in [2.75, 3.05) is 33.0 Å². The fraction of sp³-hybridized carbons (Fsp3) is 1.00. The van der Waals surface area contributed by atoms with E-state index in [-0.39, 0.29) is 12.7 Å². The minimum atomic E-state index is 0.214. The van der Waals surface area contributed by atoms with Crippen LogP contribution in [0.4, 0.5) is 0 Å². The van der Waals surface area contributed by atoms with Crippen LogP contribution >= 0.6 is 0 Å². The van der Waals surface area contributed by atoms with Crippen LogP contribution in [-0.2, 0) is 14.2 Å². The van der Waals surface area contributed by atoms with E-state index in [1.165, 1.54) is 25.7 Å². The minimum Gasteiger partial charge on any atom is -0.396 e.